The van der Waals surface area contributed by atoms with Crippen LogP contribution in [0.5, 0.6) is 0 Å². The van der Waals surface area contributed by atoms with Crippen LogP contribution in [0.15, 0.2) is 11.4 Å². The Hall–Kier alpha value is -1.31. The van der Waals surface area contributed by atoms with Gasteiger partial charge in [-0.05, 0) is 24.3 Å². The van der Waals surface area contributed by atoms with Gasteiger partial charge < -0.3 is 10.4 Å². The summed E-state index contributed by atoms with van der Waals surface area (Å²) in [6.45, 7) is 4.36. The molecule has 4 heteroatoms. The zero-order chi connectivity index (χ0) is 15.5. The third-order valence-corrected chi connectivity index (χ3v) is 4.12. The molecule has 0 saturated heterocycles. The number of carbonyl (C=O) groups is 1. The lowest BCUT2D eigenvalue weighted by Gasteiger charge is -2.17. The van der Waals surface area contributed by atoms with E-state index in [4.69, 9.17) is 5.11 Å². The SMILES string of the molecule is CCCCC(CCC)NC(=O)c1sccc1C#CCCO. The van der Waals surface area contributed by atoms with Gasteiger partial charge in [0.2, 0.25) is 0 Å². The van der Waals surface area contributed by atoms with E-state index < -0.39 is 0 Å². The van der Waals surface area contributed by atoms with Crippen LogP contribution in [0.4, 0.5) is 0 Å². The molecule has 1 rings (SSSR count). The van der Waals surface area contributed by atoms with E-state index in [0.29, 0.717) is 11.3 Å². The van der Waals surface area contributed by atoms with E-state index in [1.54, 1.807) is 0 Å². The van der Waals surface area contributed by atoms with Gasteiger partial charge in [0.15, 0.2) is 0 Å². The molecule has 0 bridgehead atoms. The lowest BCUT2D eigenvalue weighted by Crippen LogP contribution is -2.34. The maximum atomic E-state index is 12.4. The molecule has 1 atom stereocenters. The molecule has 1 amide bonds. The van der Waals surface area contributed by atoms with E-state index in [9.17, 15) is 4.79 Å². The highest BCUT2D eigenvalue weighted by Crippen LogP contribution is 2.17. The highest BCUT2D eigenvalue weighted by molar-refractivity contribution is 7.12. The average molecular weight is 307 g/mol. The van der Waals surface area contributed by atoms with Crippen molar-refractivity contribution in [1.82, 2.24) is 5.32 Å². The molecule has 0 spiro atoms. The molecule has 1 aromatic rings. The first-order valence-electron chi connectivity index (χ1n) is 7.71. The van der Waals surface area contributed by atoms with Gasteiger partial charge in [-0.25, -0.2) is 0 Å². The molecule has 116 valence electrons. The Morgan fingerprint density at radius 3 is 2.86 bits per heavy atom. The normalized spacial score (nSPS) is 11.6. The third-order valence-electron chi connectivity index (χ3n) is 3.21. The Morgan fingerprint density at radius 2 is 2.19 bits per heavy atom. The van der Waals surface area contributed by atoms with Crippen LogP contribution in [0, 0.1) is 11.8 Å². The molecule has 1 aromatic heterocycles. The molecule has 0 saturated carbocycles. The van der Waals surface area contributed by atoms with Gasteiger partial charge >= 0.3 is 0 Å². The van der Waals surface area contributed by atoms with Crippen LogP contribution in [-0.4, -0.2) is 23.7 Å². The van der Waals surface area contributed by atoms with Gasteiger partial charge in [0.1, 0.15) is 4.88 Å². The molecule has 1 unspecified atom stereocenters. The van der Waals surface area contributed by atoms with E-state index in [0.717, 1.165) is 37.7 Å². The number of hydrogen-bond donors (Lipinski definition) is 2. The first kappa shape index (κ1) is 17.7. The van der Waals surface area contributed by atoms with Crippen LogP contribution in [0.3, 0.4) is 0 Å². The van der Waals surface area contributed by atoms with Crippen LogP contribution in [0.1, 0.15) is 67.6 Å². The first-order valence-corrected chi connectivity index (χ1v) is 8.58. The molecular weight excluding hydrogens is 282 g/mol. The lowest BCUT2D eigenvalue weighted by molar-refractivity contribution is 0.0936. The molecule has 2 N–H and O–H groups in total. The van der Waals surface area contributed by atoms with Crippen molar-refractivity contribution in [3.8, 4) is 11.8 Å². The van der Waals surface area contributed by atoms with Crippen molar-refractivity contribution in [2.24, 2.45) is 0 Å². The van der Waals surface area contributed by atoms with Crippen LogP contribution in [0.2, 0.25) is 0 Å². The summed E-state index contributed by atoms with van der Waals surface area (Å²) in [6.07, 6.45) is 5.84. The van der Waals surface area contributed by atoms with E-state index in [1.807, 2.05) is 11.4 Å². The number of aliphatic hydroxyl groups is 1. The van der Waals surface area contributed by atoms with Crippen molar-refractivity contribution < 1.29 is 9.90 Å². The van der Waals surface area contributed by atoms with Crippen molar-refractivity contribution in [3.05, 3.63) is 21.9 Å². The minimum atomic E-state index is -0.0205. The lowest BCUT2D eigenvalue weighted by atomic mass is 10.0. The Labute approximate surface area is 131 Å². The highest BCUT2D eigenvalue weighted by Gasteiger charge is 2.16. The number of unbranched alkanes of at least 4 members (excludes halogenated alkanes) is 1. The fraction of sp³-hybridized carbons (Fsp3) is 0.588. The minimum Gasteiger partial charge on any atom is -0.395 e. The van der Waals surface area contributed by atoms with E-state index in [2.05, 4.69) is 31.0 Å². The molecule has 0 aromatic carbocycles. The number of thiophene rings is 1. The van der Waals surface area contributed by atoms with E-state index >= 15 is 0 Å². The number of aliphatic hydroxyl groups excluding tert-OH is 1. The van der Waals surface area contributed by atoms with Crippen molar-refractivity contribution in [1.29, 1.82) is 0 Å². The second-order valence-electron chi connectivity index (χ2n) is 5.04. The molecule has 0 aliphatic heterocycles. The summed E-state index contributed by atoms with van der Waals surface area (Å²) in [5.74, 6) is 5.81. The average Bonchev–Trinajstić information content (AvgIpc) is 2.94. The van der Waals surface area contributed by atoms with Crippen molar-refractivity contribution in [2.75, 3.05) is 6.61 Å². The molecule has 0 aliphatic rings. The molecule has 0 fully saturated rings. The van der Waals surface area contributed by atoms with Crippen LogP contribution in [-0.2, 0) is 0 Å². The fourth-order valence-corrected chi connectivity index (χ4v) is 2.89. The van der Waals surface area contributed by atoms with Crippen LogP contribution in [0.25, 0.3) is 0 Å². The predicted molar refractivity (Wildman–Crippen MR) is 88.6 cm³/mol. The van der Waals surface area contributed by atoms with Gasteiger partial charge in [-0.2, -0.15) is 0 Å². The number of nitrogens with one attached hydrogen (secondary N) is 1. The number of rotatable bonds is 8. The maximum absolute atomic E-state index is 12.4. The molecule has 3 nitrogen and oxygen atoms in total. The smallest absolute Gasteiger partial charge is 0.262 e. The predicted octanol–water partition coefficient (Wildman–Crippen LogP) is 3.57. The molecule has 0 aliphatic carbocycles. The van der Waals surface area contributed by atoms with Gasteiger partial charge in [-0.15, -0.1) is 11.3 Å². The topological polar surface area (TPSA) is 49.3 Å². The summed E-state index contributed by atoms with van der Waals surface area (Å²) in [5, 5.41) is 13.8. The van der Waals surface area contributed by atoms with E-state index in [-0.39, 0.29) is 18.6 Å². The first-order chi connectivity index (χ1) is 10.2. The summed E-state index contributed by atoms with van der Waals surface area (Å²) in [5.41, 5.74) is 0.761. The van der Waals surface area contributed by atoms with E-state index in [1.165, 1.54) is 11.3 Å². The van der Waals surface area contributed by atoms with Crippen molar-refractivity contribution >= 4 is 17.2 Å². The number of amides is 1. The summed E-state index contributed by atoms with van der Waals surface area (Å²) in [6, 6.07) is 2.12. The van der Waals surface area contributed by atoms with Crippen LogP contribution >= 0.6 is 11.3 Å². The Morgan fingerprint density at radius 1 is 1.38 bits per heavy atom. The highest BCUT2D eigenvalue weighted by atomic mass is 32.1. The second kappa shape index (κ2) is 10.4. The van der Waals surface area contributed by atoms with Crippen molar-refractivity contribution in [3.63, 3.8) is 0 Å². The number of carbonyl (C=O) groups excluding carboxylic acids is 1. The molecular formula is C17H25NO2S. The van der Waals surface area contributed by atoms with Crippen LogP contribution < -0.4 is 5.32 Å². The Balaban J connectivity index is 2.69. The quantitative estimate of drug-likeness (QED) is 0.721. The van der Waals surface area contributed by atoms with Gasteiger partial charge in [-0.1, -0.05) is 45.0 Å². The van der Waals surface area contributed by atoms with Gasteiger partial charge in [0.25, 0.3) is 5.91 Å². The standard InChI is InChI=1S/C17H25NO2S/c1-3-5-10-15(8-4-2)18-17(20)16-14(11-13-21-16)9-6-7-12-19/h11,13,15,19H,3-5,7-8,10,12H2,1-2H3,(H,18,20). The largest absolute Gasteiger partial charge is 0.395 e. The minimum absolute atomic E-state index is 0.0205. The fourth-order valence-electron chi connectivity index (χ4n) is 2.14. The van der Waals surface area contributed by atoms with Gasteiger partial charge in [-0.3, -0.25) is 4.79 Å². The van der Waals surface area contributed by atoms with Crippen molar-refractivity contribution in [2.45, 2.75) is 58.4 Å². The number of hydrogen-bond acceptors (Lipinski definition) is 3. The second-order valence-corrected chi connectivity index (χ2v) is 5.96. The monoisotopic (exact) mass is 307 g/mol. The third kappa shape index (κ3) is 6.33. The Kier molecular flexibility index (Phi) is 8.80. The zero-order valence-electron chi connectivity index (χ0n) is 12.9. The summed E-state index contributed by atoms with van der Waals surface area (Å²) in [7, 11) is 0. The Bertz CT molecular complexity index is 484. The zero-order valence-corrected chi connectivity index (χ0v) is 13.8. The summed E-state index contributed by atoms with van der Waals surface area (Å²) >= 11 is 1.42. The van der Waals surface area contributed by atoms with Gasteiger partial charge in [0, 0.05) is 18.0 Å². The summed E-state index contributed by atoms with van der Waals surface area (Å²) < 4.78 is 0. The summed E-state index contributed by atoms with van der Waals surface area (Å²) in [4.78, 5) is 13.1. The molecule has 21 heavy (non-hydrogen) atoms. The maximum Gasteiger partial charge on any atom is 0.262 e. The molecule has 1 heterocycles. The van der Waals surface area contributed by atoms with Gasteiger partial charge in [0.05, 0.1) is 6.61 Å². The molecule has 0 radical (unpaired) electrons.